The number of anilines is 1. The van der Waals surface area contributed by atoms with Crippen molar-refractivity contribution in [1.82, 2.24) is 4.98 Å². The van der Waals surface area contributed by atoms with E-state index in [1.165, 1.54) is 4.90 Å². The number of hydrogen-bond donors (Lipinski definition) is 0. The molecule has 1 heterocycles. The number of ether oxygens (including phenoxy) is 1. The van der Waals surface area contributed by atoms with E-state index in [1.807, 2.05) is 13.0 Å². The van der Waals surface area contributed by atoms with Gasteiger partial charge in [-0.1, -0.05) is 0 Å². The van der Waals surface area contributed by atoms with E-state index in [0.29, 0.717) is 18.0 Å². The van der Waals surface area contributed by atoms with Gasteiger partial charge >= 0.3 is 0 Å². The van der Waals surface area contributed by atoms with E-state index in [1.54, 1.807) is 25.4 Å². The molecule has 0 aliphatic carbocycles. The number of likely N-dealkylation sites (N-methyl/N-ethyl adjacent to an activating group) is 1. The molecule has 0 radical (unpaired) electrons. The van der Waals surface area contributed by atoms with Crippen molar-refractivity contribution in [2.24, 2.45) is 0 Å². The normalized spacial score (nSPS) is 9.56. The maximum atomic E-state index is 11.6. The third-order valence-corrected chi connectivity index (χ3v) is 2.03. The molecular formula is C11H13N3O2. The highest BCUT2D eigenvalue weighted by molar-refractivity contribution is 5.93. The second-order valence-electron chi connectivity index (χ2n) is 3.08. The molecule has 0 bridgehead atoms. The molecule has 0 aliphatic rings. The van der Waals surface area contributed by atoms with Crippen LogP contribution in [0, 0.1) is 11.3 Å². The van der Waals surface area contributed by atoms with Crippen molar-refractivity contribution < 1.29 is 9.53 Å². The van der Waals surface area contributed by atoms with Crippen LogP contribution in [0.4, 0.5) is 5.82 Å². The van der Waals surface area contributed by atoms with Crippen LogP contribution in [-0.4, -0.2) is 31.2 Å². The van der Waals surface area contributed by atoms with Gasteiger partial charge in [0.1, 0.15) is 12.7 Å². The summed E-state index contributed by atoms with van der Waals surface area (Å²) in [7, 11) is 1.57. The van der Waals surface area contributed by atoms with Crippen molar-refractivity contribution in [1.29, 1.82) is 5.26 Å². The summed E-state index contributed by atoms with van der Waals surface area (Å²) in [6.07, 6.45) is 1.54. The van der Waals surface area contributed by atoms with E-state index >= 15 is 0 Å². The topological polar surface area (TPSA) is 66.2 Å². The average Bonchev–Trinajstić information content (AvgIpc) is 2.34. The van der Waals surface area contributed by atoms with Gasteiger partial charge in [0.15, 0.2) is 5.82 Å². The highest BCUT2D eigenvalue weighted by atomic mass is 16.5. The molecule has 0 fully saturated rings. The lowest BCUT2D eigenvalue weighted by Crippen LogP contribution is -2.31. The van der Waals surface area contributed by atoms with Crippen molar-refractivity contribution in [3.63, 3.8) is 0 Å². The number of rotatable bonds is 4. The summed E-state index contributed by atoms with van der Waals surface area (Å²) in [5, 5.41) is 8.87. The molecule has 0 saturated heterocycles. The van der Waals surface area contributed by atoms with Gasteiger partial charge in [0.25, 0.3) is 5.91 Å². The monoisotopic (exact) mass is 219 g/mol. The smallest absolute Gasteiger partial charge is 0.253 e. The summed E-state index contributed by atoms with van der Waals surface area (Å²) < 4.78 is 5.01. The van der Waals surface area contributed by atoms with E-state index in [-0.39, 0.29) is 12.5 Å². The minimum absolute atomic E-state index is 0.00551. The zero-order valence-corrected chi connectivity index (χ0v) is 9.30. The fourth-order valence-electron chi connectivity index (χ4n) is 1.16. The summed E-state index contributed by atoms with van der Waals surface area (Å²) in [6, 6.07) is 5.26. The molecule has 5 heteroatoms. The van der Waals surface area contributed by atoms with E-state index in [9.17, 15) is 4.79 Å². The molecule has 16 heavy (non-hydrogen) atoms. The van der Waals surface area contributed by atoms with Gasteiger partial charge in [-0.05, 0) is 19.1 Å². The quantitative estimate of drug-likeness (QED) is 0.756. The third-order valence-electron chi connectivity index (χ3n) is 2.03. The van der Waals surface area contributed by atoms with Gasteiger partial charge in [0.2, 0.25) is 0 Å². The van der Waals surface area contributed by atoms with Gasteiger partial charge in [-0.15, -0.1) is 0 Å². The van der Waals surface area contributed by atoms with Gasteiger partial charge in [0.05, 0.1) is 5.56 Å². The Morgan fingerprint density at radius 2 is 2.44 bits per heavy atom. The van der Waals surface area contributed by atoms with Gasteiger partial charge in [-0.2, -0.15) is 5.26 Å². The van der Waals surface area contributed by atoms with Crippen LogP contribution in [0.3, 0.4) is 0 Å². The van der Waals surface area contributed by atoms with Crippen molar-refractivity contribution in [3.8, 4) is 6.07 Å². The largest absolute Gasteiger partial charge is 0.372 e. The van der Waals surface area contributed by atoms with Crippen LogP contribution < -0.4 is 4.90 Å². The lowest BCUT2D eigenvalue weighted by Gasteiger charge is -2.16. The molecule has 0 aromatic carbocycles. The lowest BCUT2D eigenvalue weighted by molar-refractivity contribution is -0.122. The van der Waals surface area contributed by atoms with Crippen LogP contribution in [0.1, 0.15) is 12.5 Å². The molecule has 1 aromatic heterocycles. The average molecular weight is 219 g/mol. The Morgan fingerprint density at radius 3 is 3.06 bits per heavy atom. The predicted molar refractivity (Wildman–Crippen MR) is 58.9 cm³/mol. The van der Waals surface area contributed by atoms with Crippen molar-refractivity contribution in [3.05, 3.63) is 23.9 Å². The summed E-state index contributed by atoms with van der Waals surface area (Å²) in [4.78, 5) is 17.0. The fourth-order valence-corrected chi connectivity index (χ4v) is 1.16. The summed E-state index contributed by atoms with van der Waals surface area (Å²) in [5.41, 5.74) is 0.370. The molecule has 0 aliphatic heterocycles. The minimum Gasteiger partial charge on any atom is -0.372 e. The predicted octanol–water partition coefficient (Wildman–Crippen LogP) is 0.953. The molecule has 5 nitrogen and oxygen atoms in total. The first kappa shape index (κ1) is 12.1. The van der Waals surface area contributed by atoms with Crippen LogP contribution in [0.2, 0.25) is 0 Å². The zero-order chi connectivity index (χ0) is 12.0. The molecule has 0 spiro atoms. The Morgan fingerprint density at radius 1 is 1.69 bits per heavy atom. The van der Waals surface area contributed by atoms with Crippen molar-refractivity contribution in [2.45, 2.75) is 6.92 Å². The van der Waals surface area contributed by atoms with Crippen LogP contribution in [0.25, 0.3) is 0 Å². The van der Waals surface area contributed by atoms with Gasteiger partial charge < -0.3 is 4.74 Å². The molecule has 0 atom stereocenters. The number of carbonyl (C=O) groups is 1. The van der Waals surface area contributed by atoms with Crippen molar-refractivity contribution >= 4 is 11.7 Å². The number of aromatic nitrogens is 1. The maximum Gasteiger partial charge on any atom is 0.253 e. The standard InChI is InChI=1S/C11H13N3O2/c1-3-16-8-10(15)14(2)11-9(7-12)5-4-6-13-11/h4-6H,3,8H2,1-2H3. The Labute approximate surface area is 94.3 Å². The van der Waals surface area contributed by atoms with Crippen LogP contribution in [0.5, 0.6) is 0 Å². The first-order valence-electron chi connectivity index (χ1n) is 4.90. The lowest BCUT2D eigenvalue weighted by atomic mass is 10.2. The van der Waals surface area contributed by atoms with Crippen LogP contribution in [-0.2, 0) is 9.53 Å². The number of hydrogen-bond acceptors (Lipinski definition) is 4. The van der Waals surface area contributed by atoms with Gasteiger partial charge in [0, 0.05) is 19.9 Å². The van der Waals surface area contributed by atoms with E-state index in [4.69, 9.17) is 10.00 Å². The molecule has 0 unspecified atom stereocenters. The summed E-state index contributed by atoms with van der Waals surface area (Å²) in [5.74, 6) is 0.131. The number of nitriles is 1. The fraction of sp³-hybridized carbons (Fsp3) is 0.364. The number of pyridine rings is 1. The maximum absolute atomic E-state index is 11.6. The highest BCUT2D eigenvalue weighted by Gasteiger charge is 2.15. The van der Waals surface area contributed by atoms with E-state index < -0.39 is 0 Å². The Bertz CT molecular complexity index is 412. The minimum atomic E-state index is -0.225. The summed E-state index contributed by atoms with van der Waals surface area (Å²) >= 11 is 0. The molecule has 0 saturated carbocycles. The highest BCUT2D eigenvalue weighted by Crippen LogP contribution is 2.14. The molecule has 84 valence electrons. The zero-order valence-electron chi connectivity index (χ0n) is 9.30. The van der Waals surface area contributed by atoms with Crippen molar-refractivity contribution in [2.75, 3.05) is 25.2 Å². The Hall–Kier alpha value is -1.93. The molecule has 1 rings (SSSR count). The second-order valence-corrected chi connectivity index (χ2v) is 3.08. The molecule has 1 amide bonds. The van der Waals surface area contributed by atoms with E-state index in [2.05, 4.69) is 4.98 Å². The SMILES string of the molecule is CCOCC(=O)N(C)c1ncccc1C#N. The van der Waals surface area contributed by atoms with Gasteiger partial charge in [-0.25, -0.2) is 4.98 Å². The first-order valence-corrected chi connectivity index (χ1v) is 4.90. The van der Waals surface area contributed by atoms with Gasteiger partial charge in [-0.3, -0.25) is 9.69 Å². The molecular weight excluding hydrogens is 206 g/mol. The Balaban J connectivity index is 2.84. The summed E-state index contributed by atoms with van der Waals surface area (Å²) in [6.45, 7) is 2.29. The second kappa shape index (κ2) is 5.83. The number of carbonyl (C=O) groups excluding carboxylic acids is 1. The first-order chi connectivity index (χ1) is 7.70. The van der Waals surface area contributed by atoms with Crippen LogP contribution in [0.15, 0.2) is 18.3 Å². The molecule has 0 N–H and O–H groups in total. The van der Waals surface area contributed by atoms with E-state index in [0.717, 1.165) is 0 Å². The number of nitrogens with zero attached hydrogens (tertiary/aromatic N) is 3. The third kappa shape index (κ3) is 2.78. The van der Waals surface area contributed by atoms with Crippen LogP contribution >= 0.6 is 0 Å². The molecule has 1 aromatic rings. The Kier molecular flexibility index (Phi) is 4.42. The number of amides is 1.